The van der Waals surface area contributed by atoms with Crippen LogP contribution in [0.5, 0.6) is 5.75 Å². The summed E-state index contributed by atoms with van der Waals surface area (Å²) in [5, 5.41) is 2.61. The highest BCUT2D eigenvalue weighted by Crippen LogP contribution is 2.11. The van der Waals surface area contributed by atoms with E-state index in [2.05, 4.69) is 10.3 Å². The van der Waals surface area contributed by atoms with Gasteiger partial charge in [0, 0.05) is 46.9 Å². The van der Waals surface area contributed by atoms with Crippen molar-refractivity contribution in [2.75, 3.05) is 17.7 Å². The smallest absolute Gasteiger partial charge is 0.223 e. The van der Waals surface area contributed by atoms with Gasteiger partial charge in [-0.05, 0) is 30.7 Å². The number of pyridine rings is 1. The number of ketones is 1. The molecule has 0 fully saturated rings. The summed E-state index contributed by atoms with van der Waals surface area (Å²) in [5.74, 6) is -0.334. The summed E-state index contributed by atoms with van der Waals surface area (Å²) in [6, 6.07) is 7.73. The van der Waals surface area contributed by atoms with E-state index in [1.165, 1.54) is 19.2 Å². The Morgan fingerprint density at radius 2 is 1.93 bits per heavy atom. The van der Waals surface area contributed by atoms with Gasteiger partial charge in [-0.25, -0.2) is 0 Å². The molecule has 0 spiro atoms. The molecule has 2 N–H and O–H groups in total. The van der Waals surface area contributed by atoms with Crippen LogP contribution in [0.25, 0.3) is 0 Å². The quantitative estimate of drug-likeness (QED) is 0.639. The molecule has 7 nitrogen and oxygen atoms in total. The van der Waals surface area contributed by atoms with Gasteiger partial charge in [-0.2, -0.15) is 0 Å². The molecule has 0 aliphatic heterocycles. The minimum absolute atomic E-state index is 0.0685. The van der Waals surface area contributed by atoms with Crippen molar-refractivity contribution in [2.24, 2.45) is 0 Å². The van der Waals surface area contributed by atoms with Gasteiger partial charge in [-0.3, -0.25) is 18.6 Å². The highest BCUT2D eigenvalue weighted by Gasteiger charge is 2.13. The molecule has 2 aromatic rings. The van der Waals surface area contributed by atoms with Crippen molar-refractivity contribution in [1.82, 2.24) is 4.98 Å². The van der Waals surface area contributed by atoms with Crippen molar-refractivity contribution in [3.05, 3.63) is 58.0 Å². The second kappa shape index (κ2) is 9.82. The van der Waals surface area contributed by atoms with Gasteiger partial charge < -0.3 is 15.0 Å². The fourth-order valence-corrected chi connectivity index (χ4v) is 3.38. The molecule has 144 valence electrons. The summed E-state index contributed by atoms with van der Waals surface area (Å²) in [6.07, 6.45) is 2.24. The Morgan fingerprint density at radius 3 is 2.52 bits per heavy atom. The van der Waals surface area contributed by atoms with Crippen molar-refractivity contribution < 1.29 is 18.5 Å². The lowest BCUT2D eigenvalue weighted by atomic mass is 10.1. The van der Waals surface area contributed by atoms with Gasteiger partial charge in [0.05, 0.1) is 18.1 Å². The predicted octanol–water partition coefficient (Wildman–Crippen LogP) is 2.25. The Morgan fingerprint density at radius 1 is 1.22 bits per heavy atom. The van der Waals surface area contributed by atoms with Crippen LogP contribution in [0.15, 0.2) is 41.3 Å². The maximum atomic E-state index is 12.3. The van der Waals surface area contributed by atoms with Crippen molar-refractivity contribution in [3.63, 3.8) is 0 Å². The van der Waals surface area contributed by atoms with Crippen LogP contribution >= 0.6 is 0 Å². The number of aromatic amines is 1. The van der Waals surface area contributed by atoms with Crippen LogP contribution in [0.3, 0.4) is 0 Å². The largest absolute Gasteiger partial charge is 0.488 e. The summed E-state index contributed by atoms with van der Waals surface area (Å²) in [5.41, 5.74) is 1.20. The first kappa shape index (κ1) is 20.6. The maximum absolute atomic E-state index is 12.3. The molecule has 1 aromatic heterocycles. The van der Waals surface area contributed by atoms with E-state index in [0.717, 1.165) is 6.42 Å². The lowest BCUT2D eigenvalue weighted by Crippen LogP contribution is -2.15. The number of carbonyl (C=O) groups excluding carboxylic acids is 2. The molecule has 1 heterocycles. The predicted molar refractivity (Wildman–Crippen MR) is 105 cm³/mol. The summed E-state index contributed by atoms with van der Waals surface area (Å²) >= 11 is 0. The van der Waals surface area contributed by atoms with E-state index < -0.39 is 10.8 Å². The van der Waals surface area contributed by atoms with Crippen molar-refractivity contribution in [1.29, 1.82) is 0 Å². The van der Waals surface area contributed by atoms with Crippen LogP contribution in [0.4, 0.5) is 5.69 Å². The lowest BCUT2D eigenvalue weighted by molar-refractivity contribution is -0.114. The van der Waals surface area contributed by atoms with Gasteiger partial charge in [-0.1, -0.05) is 6.92 Å². The highest BCUT2D eigenvalue weighted by atomic mass is 32.2. The summed E-state index contributed by atoms with van der Waals surface area (Å²) in [7, 11) is -1.47. The number of carbonyl (C=O) groups is 2. The SMILES string of the molecule is CCCOc1c[nH]c(CS(=O)CC(=O)c2ccc(NC(C)=O)cc2)cc1=O. The molecule has 1 unspecified atom stereocenters. The molecule has 2 rings (SSSR count). The van der Waals surface area contributed by atoms with E-state index in [-0.39, 0.29) is 34.4 Å². The fraction of sp³-hybridized carbons (Fsp3) is 0.316. The monoisotopic (exact) mass is 390 g/mol. The van der Waals surface area contributed by atoms with Gasteiger partial charge in [0.25, 0.3) is 0 Å². The van der Waals surface area contributed by atoms with Gasteiger partial charge in [0.1, 0.15) is 0 Å². The highest BCUT2D eigenvalue weighted by molar-refractivity contribution is 7.85. The maximum Gasteiger partial charge on any atom is 0.223 e. The molecule has 1 atom stereocenters. The number of rotatable bonds is 9. The molecule has 1 amide bonds. The van der Waals surface area contributed by atoms with E-state index >= 15 is 0 Å². The summed E-state index contributed by atoms with van der Waals surface area (Å²) in [6.45, 7) is 3.79. The second-order valence-corrected chi connectivity index (χ2v) is 7.40. The third kappa shape index (κ3) is 6.49. The van der Waals surface area contributed by atoms with Gasteiger partial charge in [-0.15, -0.1) is 0 Å². The number of aromatic nitrogens is 1. The number of H-pyrrole nitrogens is 1. The lowest BCUT2D eigenvalue weighted by Gasteiger charge is -2.06. The van der Waals surface area contributed by atoms with Crippen LogP contribution in [-0.2, 0) is 21.3 Å². The normalized spacial score (nSPS) is 11.6. The Labute approximate surface area is 159 Å². The molecular weight excluding hydrogens is 368 g/mol. The number of benzene rings is 1. The third-order valence-electron chi connectivity index (χ3n) is 3.53. The zero-order valence-corrected chi connectivity index (χ0v) is 16.1. The molecule has 0 aliphatic rings. The molecule has 0 aliphatic carbocycles. The number of nitrogens with one attached hydrogen (secondary N) is 2. The summed E-state index contributed by atoms with van der Waals surface area (Å²) < 4.78 is 17.6. The standard InChI is InChI=1S/C19H22N2O5S/c1-3-8-26-19-10-20-16(9-17(19)23)11-27(25)12-18(24)14-4-6-15(7-5-14)21-13(2)22/h4-7,9-10H,3,8,11-12H2,1-2H3,(H,20,23)(H,21,22). The van der Waals surface area contributed by atoms with E-state index in [1.807, 2.05) is 6.92 Å². The Bertz CT molecular complexity index is 890. The molecule has 0 saturated carbocycles. The van der Waals surface area contributed by atoms with Crippen LogP contribution in [0, 0.1) is 0 Å². The van der Waals surface area contributed by atoms with Crippen molar-refractivity contribution >= 4 is 28.2 Å². The number of hydrogen-bond acceptors (Lipinski definition) is 5. The van der Waals surface area contributed by atoms with E-state index in [4.69, 9.17) is 4.74 Å². The molecule has 0 bridgehead atoms. The topological polar surface area (TPSA) is 105 Å². The van der Waals surface area contributed by atoms with E-state index in [1.54, 1.807) is 24.3 Å². The van der Waals surface area contributed by atoms with Crippen LogP contribution in [-0.4, -0.2) is 33.2 Å². The first-order valence-electron chi connectivity index (χ1n) is 8.49. The van der Waals surface area contributed by atoms with Crippen LogP contribution in [0.2, 0.25) is 0 Å². The Kier molecular flexibility index (Phi) is 7.48. The van der Waals surface area contributed by atoms with Gasteiger partial charge in [0.2, 0.25) is 11.3 Å². The molecular formula is C19H22N2O5S. The van der Waals surface area contributed by atoms with Crippen LogP contribution < -0.4 is 15.5 Å². The van der Waals surface area contributed by atoms with Crippen LogP contribution in [0.1, 0.15) is 36.3 Å². The molecule has 8 heteroatoms. The fourth-order valence-electron chi connectivity index (χ4n) is 2.31. The average Bonchev–Trinajstić information content (AvgIpc) is 2.61. The number of ether oxygens (including phenoxy) is 1. The molecule has 0 saturated heterocycles. The Hall–Kier alpha value is -2.74. The number of hydrogen-bond donors (Lipinski definition) is 2. The first-order chi connectivity index (χ1) is 12.9. The van der Waals surface area contributed by atoms with E-state index in [0.29, 0.717) is 23.6 Å². The molecule has 27 heavy (non-hydrogen) atoms. The van der Waals surface area contributed by atoms with Crippen molar-refractivity contribution in [3.8, 4) is 5.75 Å². The van der Waals surface area contributed by atoms with E-state index in [9.17, 15) is 18.6 Å². The molecule has 0 radical (unpaired) electrons. The third-order valence-corrected chi connectivity index (χ3v) is 4.75. The zero-order chi connectivity index (χ0) is 19.8. The second-order valence-electron chi connectivity index (χ2n) is 5.95. The summed E-state index contributed by atoms with van der Waals surface area (Å²) in [4.78, 5) is 38.1. The number of anilines is 1. The van der Waals surface area contributed by atoms with Gasteiger partial charge >= 0.3 is 0 Å². The van der Waals surface area contributed by atoms with Gasteiger partial charge in [0.15, 0.2) is 11.5 Å². The minimum atomic E-state index is -1.47. The minimum Gasteiger partial charge on any atom is -0.488 e. The Balaban J connectivity index is 1.94. The van der Waals surface area contributed by atoms with Crippen molar-refractivity contribution in [2.45, 2.75) is 26.0 Å². The first-order valence-corrected chi connectivity index (χ1v) is 9.98. The molecule has 1 aromatic carbocycles. The average molecular weight is 390 g/mol. The number of Topliss-reactive ketones (excluding diaryl/α,β-unsaturated/α-hetero) is 1. The zero-order valence-electron chi connectivity index (χ0n) is 15.2. The number of amides is 1.